The maximum Gasteiger partial charge on any atom is 0.248 e. The first-order chi connectivity index (χ1) is 10.2. The Kier molecular flexibility index (Phi) is 3.51. The van der Waals surface area contributed by atoms with Crippen LogP contribution in [-0.4, -0.2) is 10.9 Å². The van der Waals surface area contributed by atoms with Crippen molar-refractivity contribution < 1.29 is 9.21 Å². The molecule has 0 bridgehead atoms. The predicted octanol–water partition coefficient (Wildman–Crippen LogP) is 3.79. The highest BCUT2D eigenvalue weighted by Gasteiger charge is 2.02. The lowest BCUT2D eigenvalue weighted by Crippen LogP contribution is -2.07. The van der Waals surface area contributed by atoms with Gasteiger partial charge >= 0.3 is 0 Å². The van der Waals surface area contributed by atoms with Crippen molar-refractivity contribution in [2.75, 3.05) is 5.32 Å². The number of furan rings is 1. The van der Waals surface area contributed by atoms with Gasteiger partial charge < -0.3 is 9.73 Å². The zero-order valence-corrected chi connectivity index (χ0v) is 11.5. The fourth-order valence-electron chi connectivity index (χ4n) is 2.09. The Bertz CT molecular complexity index is 805. The van der Waals surface area contributed by atoms with E-state index in [1.807, 2.05) is 31.2 Å². The number of nitrogens with zero attached hydrogens (tertiary/aromatic N) is 1. The molecule has 0 aliphatic carbocycles. The Morgan fingerprint density at radius 3 is 3.00 bits per heavy atom. The molecule has 0 aliphatic heterocycles. The Hall–Kier alpha value is -2.88. The minimum absolute atomic E-state index is 0.202. The van der Waals surface area contributed by atoms with E-state index in [-0.39, 0.29) is 5.91 Å². The van der Waals surface area contributed by atoms with E-state index < -0.39 is 0 Å². The molecule has 0 aliphatic rings. The third kappa shape index (κ3) is 3.00. The van der Waals surface area contributed by atoms with Crippen LogP contribution in [0, 0.1) is 6.92 Å². The van der Waals surface area contributed by atoms with Gasteiger partial charge in [0.1, 0.15) is 5.76 Å². The van der Waals surface area contributed by atoms with Crippen molar-refractivity contribution in [1.82, 2.24) is 4.98 Å². The van der Waals surface area contributed by atoms with Crippen LogP contribution in [0.5, 0.6) is 0 Å². The average molecular weight is 278 g/mol. The third-order valence-corrected chi connectivity index (χ3v) is 3.17. The third-order valence-electron chi connectivity index (χ3n) is 3.17. The molecular formula is C17H14N2O2. The van der Waals surface area contributed by atoms with Gasteiger partial charge in [0.2, 0.25) is 5.91 Å². The summed E-state index contributed by atoms with van der Waals surface area (Å²) in [7, 11) is 0. The number of hydrogen-bond acceptors (Lipinski definition) is 3. The summed E-state index contributed by atoms with van der Waals surface area (Å²) in [6.07, 6.45) is 6.42. The first-order valence-corrected chi connectivity index (χ1v) is 6.60. The Morgan fingerprint density at radius 2 is 2.19 bits per heavy atom. The summed E-state index contributed by atoms with van der Waals surface area (Å²) in [5, 5.41) is 3.86. The van der Waals surface area contributed by atoms with Crippen molar-refractivity contribution in [3.05, 3.63) is 66.3 Å². The van der Waals surface area contributed by atoms with Gasteiger partial charge in [0, 0.05) is 23.3 Å². The molecule has 1 N–H and O–H groups in total. The number of rotatable bonds is 3. The Labute approximate surface area is 122 Å². The van der Waals surface area contributed by atoms with Gasteiger partial charge in [-0.25, -0.2) is 0 Å². The number of benzene rings is 1. The number of pyridine rings is 1. The van der Waals surface area contributed by atoms with E-state index in [2.05, 4.69) is 10.3 Å². The average Bonchev–Trinajstić information content (AvgIpc) is 2.99. The second-order valence-corrected chi connectivity index (χ2v) is 4.70. The van der Waals surface area contributed by atoms with Gasteiger partial charge in [-0.05, 0) is 55.0 Å². The van der Waals surface area contributed by atoms with Crippen LogP contribution in [0.3, 0.4) is 0 Å². The normalized spacial score (nSPS) is 11.1. The van der Waals surface area contributed by atoms with E-state index in [1.165, 1.54) is 6.08 Å². The van der Waals surface area contributed by atoms with Gasteiger partial charge in [0.05, 0.1) is 11.8 Å². The molecule has 3 rings (SSSR count). The highest BCUT2D eigenvalue weighted by molar-refractivity contribution is 6.02. The molecule has 4 nitrogen and oxygen atoms in total. The smallest absolute Gasteiger partial charge is 0.248 e. The number of fused-ring (bicyclic) bond motifs is 1. The van der Waals surface area contributed by atoms with Crippen molar-refractivity contribution in [3.63, 3.8) is 0 Å². The highest BCUT2D eigenvalue weighted by Crippen LogP contribution is 2.20. The van der Waals surface area contributed by atoms with Crippen molar-refractivity contribution >= 4 is 28.6 Å². The van der Waals surface area contributed by atoms with E-state index in [4.69, 9.17) is 4.42 Å². The molecule has 0 spiro atoms. The second-order valence-electron chi connectivity index (χ2n) is 4.70. The molecule has 0 unspecified atom stereocenters. The fraction of sp³-hybridized carbons (Fsp3) is 0.0588. The lowest BCUT2D eigenvalue weighted by Gasteiger charge is -2.05. The summed E-state index contributed by atoms with van der Waals surface area (Å²) in [5.74, 6) is 0.441. The van der Waals surface area contributed by atoms with E-state index in [0.29, 0.717) is 5.76 Å². The zero-order chi connectivity index (χ0) is 14.7. The molecule has 2 aromatic heterocycles. The molecule has 0 saturated carbocycles. The molecule has 3 aromatic rings. The number of nitrogens with one attached hydrogen (secondary N) is 1. The van der Waals surface area contributed by atoms with E-state index in [1.54, 1.807) is 30.7 Å². The van der Waals surface area contributed by atoms with Gasteiger partial charge in [-0.3, -0.25) is 9.78 Å². The van der Waals surface area contributed by atoms with Crippen molar-refractivity contribution in [2.45, 2.75) is 6.92 Å². The summed E-state index contributed by atoms with van der Waals surface area (Å²) in [5.41, 5.74) is 2.79. The van der Waals surface area contributed by atoms with Crippen molar-refractivity contribution in [1.29, 1.82) is 0 Å². The molecule has 2 heterocycles. The largest absolute Gasteiger partial charge is 0.465 e. The summed E-state index contributed by atoms with van der Waals surface area (Å²) in [4.78, 5) is 16.2. The molecule has 4 heteroatoms. The van der Waals surface area contributed by atoms with Crippen LogP contribution in [0.2, 0.25) is 0 Å². The van der Waals surface area contributed by atoms with Crippen LogP contribution in [0.15, 0.2) is 59.4 Å². The maximum absolute atomic E-state index is 11.9. The van der Waals surface area contributed by atoms with Crippen molar-refractivity contribution in [3.8, 4) is 0 Å². The molecule has 0 atom stereocenters. The zero-order valence-electron chi connectivity index (χ0n) is 11.5. The molecule has 1 amide bonds. The molecule has 0 saturated heterocycles. The van der Waals surface area contributed by atoms with Crippen LogP contribution in [0.1, 0.15) is 11.3 Å². The van der Waals surface area contributed by atoms with Gasteiger partial charge in [0.25, 0.3) is 0 Å². The van der Waals surface area contributed by atoms with Crippen molar-refractivity contribution in [2.24, 2.45) is 0 Å². The van der Waals surface area contributed by atoms with Gasteiger partial charge in [-0.1, -0.05) is 0 Å². The van der Waals surface area contributed by atoms with Gasteiger partial charge in [-0.2, -0.15) is 0 Å². The Balaban J connectivity index is 1.78. The highest BCUT2D eigenvalue weighted by atomic mass is 16.3. The summed E-state index contributed by atoms with van der Waals surface area (Å²) >= 11 is 0. The number of carbonyl (C=O) groups is 1. The van der Waals surface area contributed by atoms with Gasteiger partial charge in [-0.15, -0.1) is 0 Å². The van der Waals surface area contributed by atoms with E-state index >= 15 is 0 Å². The van der Waals surface area contributed by atoms with Gasteiger partial charge in [0.15, 0.2) is 0 Å². The molecule has 104 valence electrons. The van der Waals surface area contributed by atoms with Crippen LogP contribution < -0.4 is 5.32 Å². The fourth-order valence-corrected chi connectivity index (χ4v) is 2.09. The number of aryl methyl sites for hydroxylation is 1. The number of aromatic nitrogens is 1. The lowest BCUT2D eigenvalue weighted by atomic mass is 10.1. The first kappa shape index (κ1) is 13.1. The van der Waals surface area contributed by atoms with Crippen LogP contribution in [-0.2, 0) is 4.79 Å². The topological polar surface area (TPSA) is 55.1 Å². The standard InChI is InChI=1S/C17H14N2O2/c1-12-8-9-18-16-6-4-13(11-15(12)16)19-17(20)7-5-14-3-2-10-21-14/h2-11H,1H3,(H,19,20)/b7-5+. The minimum Gasteiger partial charge on any atom is -0.465 e. The maximum atomic E-state index is 11.9. The molecule has 1 aromatic carbocycles. The van der Waals surface area contributed by atoms with Crippen LogP contribution >= 0.6 is 0 Å². The molecule has 0 fully saturated rings. The molecule has 0 radical (unpaired) electrons. The van der Waals surface area contributed by atoms with E-state index in [0.717, 1.165) is 22.2 Å². The minimum atomic E-state index is -0.202. The first-order valence-electron chi connectivity index (χ1n) is 6.60. The lowest BCUT2D eigenvalue weighted by molar-refractivity contribution is -0.111. The monoisotopic (exact) mass is 278 g/mol. The van der Waals surface area contributed by atoms with Crippen LogP contribution in [0.4, 0.5) is 5.69 Å². The second kappa shape index (κ2) is 5.63. The van der Waals surface area contributed by atoms with E-state index in [9.17, 15) is 4.79 Å². The predicted molar refractivity (Wildman–Crippen MR) is 82.9 cm³/mol. The number of amides is 1. The number of carbonyl (C=O) groups excluding carboxylic acids is 1. The molecular weight excluding hydrogens is 264 g/mol. The summed E-state index contributed by atoms with van der Waals surface area (Å²) < 4.78 is 5.13. The molecule has 21 heavy (non-hydrogen) atoms. The SMILES string of the molecule is Cc1ccnc2ccc(NC(=O)/C=C/c3ccco3)cc12. The number of anilines is 1. The number of hydrogen-bond donors (Lipinski definition) is 1. The van der Waals surface area contributed by atoms with Crippen LogP contribution in [0.25, 0.3) is 17.0 Å². The summed E-state index contributed by atoms with van der Waals surface area (Å²) in [6, 6.07) is 11.2. The quantitative estimate of drug-likeness (QED) is 0.742. The Morgan fingerprint density at radius 1 is 1.29 bits per heavy atom. The summed E-state index contributed by atoms with van der Waals surface area (Å²) in [6.45, 7) is 2.02.